The number of amides is 2. The van der Waals surface area contributed by atoms with Crippen molar-refractivity contribution in [1.82, 2.24) is 51.0 Å². The zero-order chi connectivity index (χ0) is 16.9. The Labute approximate surface area is 139 Å². The largest absolute Gasteiger partial charge is 0.340 e. The van der Waals surface area contributed by atoms with Gasteiger partial charge in [0.2, 0.25) is 11.8 Å². The van der Waals surface area contributed by atoms with E-state index in [1.807, 2.05) is 13.8 Å². The van der Waals surface area contributed by atoms with Crippen LogP contribution in [0.1, 0.15) is 25.7 Å². The molecule has 126 valence electrons. The maximum atomic E-state index is 12.5. The zero-order valence-corrected chi connectivity index (χ0v) is 13.6. The van der Waals surface area contributed by atoms with Crippen molar-refractivity contribution in [2.45, 2.75) is 42.6 Å². The Morgan fingerprint density at radius 1 is 1.50 bits per heavy atom. The van der Waals surface area contributed by atoms with Gasteiger partial charge < -0.3 is 10.2 Å². The van der Waals surface area contributed by atoms with Crippen molar-refractivity contribution in [2.24, 2.45) is 0 Å². The van der Waals surface area contributed by atoms with Crippen molar-refractivity contribution in [1.29, 1.82) is 0 Å². The van der Waals surface area contributed by atoms with Gasteiger partial charge in [0, 0.05) is 4.75 Å². The molecule has 0 radical (unpaired) electrons. The average molecular weight is 350 g/mol. The summed E-state index contributed by atoms with van der Waals surface area (Å²) in [5, 5.41) is 27.4. The fraction of sp³-hybridized carbons (Fsp3) is 0.636. The monoisotopic (exact) mass is 350 g/mol. The van der Waals surface area contributed by atoms with Crippen LogP contribution in [0.25, 0.3) is 0 Å². The Bertz CT molecular complexity index is 760. The molecule has 0 bridgehead atoms. The number of thioether (sulfide) groups is 1. The number of H-pyrrole nitrogens is 1. The second kappa shape index (κ2) is 5.22. The Balaban J connectivity index is 1.48. The van der Waals surface area contributed by atoms with Gasteiger partial charge >= 0.3 is 0 Å². The van der Waals surface area contributed by atoms with Crippen LogP contribution in [0.4, 0.5) is 0 Å². The van der Waals surface area contributed by atoms with Crippen molar-refractivity contribution < 1.29 is 9.59 Å². The topological polar surface area (TPSA) is 147 Å². The lowest BCUT2D eigenvalue weighted by Crippen LogP contribution is -2.68. The molecule has 2 aliphatic rings. The number of aromatic nitrogens is 8. The predicted molar refractivity (Wildman–Crippen MR) is 79.0 cm³/mol. The molecule has 2 amide bonds. The second-order valence-corrected chi connectivity index (χ2v) is 7.83. The summed E-state index contributed by atoms with van der Waals surface area (Å²) in [4.78, 5) is 27.5. The van der Waals surface area contributed by atoms with Crippen molar-refractivity contribution in [3.63, 3.8) is 0 Å². The minimum Gasteiger partial charge on any atom is -0.340 e. The molecule has 24 heavy (non-hydrogen) atoms. The first-order valence-electron chi connectivity index (χ1n) is 7.21. The molecule has 0 aliphatic carbocycles. The van der Waals surface area contributed by atoms with Crippen LogP contribution in [0, 0.1) is 0 Å². The number of aromatic amines is 1. The van der Waals surface area contributed by atoms with E-state index in [2.05, 4.69) is 41.4 Å². The molecule has 0 saturated carbocycles. The molecule has 4 heterocycles. The third-order valence-electron chi connectivity index (χ3n) is 4.05. The first-order chi connectivity index (χ1) is 11.5. The maximum absolute atomic E-state index is 12.5. The van der Waals surface area contributed by atoms with E-state index in [1.165, 1.54) is 6.33 Å². The summed E-state index contributed by atoms with van der Waals surface area (Å²) < 4.78 is -0.283. The van der Waals surface area contributed by atoms with E-state index in [4.69, 9.17) is 0 Å². The number of tetrazole rings is 2. The van der Waals surface area contributed by atoms with E-state index in [0.717, 1.165) is 4.80 Å². The summed E-state index contributed by atoms with van der Waals surface area (Å²) in [6.45, 7) is 3.96. The zero-order valence-electron chi connectivity index (χ0n) is 12.8. The summed E-state index contributed by atoms with van der Waals surface area (Å²) in [5.41, 5.74) is 0. The van der Waals surface area contributed by atoms with Crippen LogP contribution in [0.3, 0.4) is 0 Å². The summed E-state index contributed by atoms with van der Waals surface area (Å²) in [5.74, 6) is 0.0495. The molecule has 2 saturated heterocycles. The molecule has 4 rings (SSSR count). The van der Waals surface area contributed by atoms with Crippen molar-refractivity contribution in [3.8, 4) is 0 Å². The second-order valence-electron chi connectivity index (χ2n) is 6.06. The van der Waals surface area contributed by atoms with Crippen LogP contribution < -0.4 is 5.32 Å². The minimum atomic E-state index is -0.578. The highest BCUT2D eigenvalue weighted by Gasteiger charge is 2.63. The van der Waals surface area contributed by atoms with E-state index in [0.29, 0.717) is 5.82 Å². The van der Waals surface area contributed by atoms with Gasteiger partial charge in [-0.1, -0.05) is 0 Å². The average Bonchev–Trinajstić information content (AvgIpc) is 3.24. The Hall–Kier alpha value is -2.57. The molecule has 0 aromatic carbocycles. The quantitative estimate of drug-likeness (QED) is 0.603. The first-order valence-corrected chi connectivity index (χ1v) is 8.09. The van der Waals surface area contributed by atoms with E-state index in [1.54, 1.807) is 16.7 Å². The van der Waals surface area contributed by atoms with Crippen LogP contribution in [-0.4, -0.2) is 73.7 Å². The maximum Gasteiger partial charge on any atom is 0.249 e. The number of hydrogen-bond acceptors (Lipinski definition) is 9. The summed E-state index contributed by atoms with van der Waals surface area (Å²) >= 11 is 1.61. The lowest BCUT2D eigenvalue weighted by atomic mass is 9.95. The molecular formula is C11H14N10O2S. The standard InChI is InChI=1S/C11H14N10O2S/c1-11(2)7(8-15-17-18-16-8)21-9(23)6(10(21)24-11)14-5(22)3-20-13-4-12-19-20/h4,6-7,10H,3H2,1-2H3,(H,14,22)(H,15,16,17,18)/t6?,7?,10-/m0/s1. The van der Waals surface area contributed by atoms with E-state index >= 15 is 0 Å². The highest BCUT2D eigenvalue weighted by atomic mass is 32.2. The normalized spacial score (nSPS) is 27.7. The van der Waals surface area contributed by atoms with Crippen molar-refractivity contribution >= 4 is 23.6 Å². The molecule has 2 N–H and O–H groups in total. The van der Waals surface area contributed by atoms with Gasteiger partial charge in [-0.25, -0.2) is 5.10 Å². The summed E-state index contributed by atoms with van der Waals surface area (Å²) in [6.07, 6.45) is 1.24. The summed E-state index contributed by atoms with van der Waals surface area (Å²) in [7, 11) is 0. The van der Waals surface area contributed by atoms with Gasteiger partial charge in [0.1, 0.15) is 24.0 Å². The molecule has 2 aromatic heterocycles. The third-order valence-corrected chi connectivity index (χ3v) is 5.63. The van der Waals surface area contributed by atoms with E-state index < -0.39 is 6.04 Å². The first kappa shape index (κ1) is 15.0. The molecule has 2 unspecified atom stereocenters. The number of β-lactam (4-membered cyclic amide) rings is 1. The molecule has 12 nitrogen and oxygen atoms in total. The van der Waals surface area contributed by atoms with E-state index in [9.17, 15) is 9.59 Å². The molecule has 2 aliphatic heterocycles. The Morgan fingerprint density at radius 2 is 2.33 bits per heavy atom. The van der Waals surface area contributed by atoms with Gasteiger partial charge in [-0.05, 0) is 29.5 Å². The highest BCUT2D eigenvalue weighted by Crippen LogP contribution is 2.56. The number of nitrogens with zero attached hydrogens (tertiary/aromatic N) is 8. The highest BCUT2D eigenvalue weighted by molar-refractivity contribution is 8.01. The third kappa shape index (κ3) is 2.23. The molecule has 0 spiro atoms. The van der Waals surface area contributed by atoms with Crippen molar-refractivity contribution in [2.75, 3.05) is 0 Å². The lowest BCUT2D eigenvalue weighted by Gasteiger charge is -2.44. The van der Waals surface area contributed by atoms with Crippen molar-refractivity contribution in [3.05, 3.63) is 12.2 Å². The minimum absolute atomic E-state index is 0.0833. The Kier molecular flexibility index (Phi) is 3.26. The van der Waals surface area contributed by atoms with Crippen LogP contribution in [0.5, 0.6) is 0 Å². The molecule has 3 atom stereocenters. The molecular weight excluding hydrogens is 336 g/mol. The number of fused-ring (bicyclic) bond motifs is 1. The van der Waals surface area contributed by atoms with Gasteiger partial charge in [0.15, 0.2) is 12.2 Å². The van der Waals surface area contributed by atoms with Gasteiger partial charge in [0.05, 0.1) is 0 Å². The van der Waals surface area contributed by atoms with Crippen LogP contribution in [-0.2, 0) is 16.1 Å². The lowest BCUT2D eigenvalue weighted by molar-refractivity contribution is -0.152. The van der Waals surface area contributed by atoms with Crippen LogP contribution >= 0.6 is 11.8 Å². The van der Waals surface area contributed by atoms with Crippen LogP contribution in [0.15, 0.2) is 6.33 Å². The number of nitrogens with one attached hydrogen (secondary N) is 2. The fourth-order valence-corrected chi connectivity index (χ4v) is 4.72. The fourth-order valence-electron chi connectivity index (χ4n) is 3.08. The molecule has 13 heteroatoms. The van der Waals surface area contributed by atoms with Gasteiger partial charge in [-0.2, -0.15) is 4.80 Å². The predicted octanol–water partition coefficient (Wildman–Crippen LogP) is -1.89. The molecule has 2 aromatic rings. The number of carbonyl (C=O) groups excluding carboxylic acids is 2. The Morgan fingerprint density at radius 3 is 3.00 bits per heavy atom. The van der Waals surface area contributed by atoms with E-state index in [-0.39, 0.29) is 34.5 Å². The smallest absolute Gasteiger partial charge is 0.249 e. The SMILES string of the molecule is CC1(C)S[C@H]2C(NC(=O)Cn3ncnn3)C(=O)N2C1c1nnn[nH]1. The number of carbonyl (C=O) groups is 2. The van der Waals surface area contributed by atoms with Crippen LogP contribution in [0.2, 0.25) is 0 Å². The number of rotatable bonds is 4. The van der Waals surface area contributed by atoms with Gasteiger partial charge in [-0.3, -0.25) is 9.59 Å². The number of hydrogen-bond donors (Lipinski definition) is 2. The summed E-state index contributed by atoms with van der Waals surface area (Å²) in [6, 6.07) is -0.841. The van der Waals surface area contributed by atoms with Gasteiger partial charge in [0.25, 0.3) is 0 Å². The van der Waals surface area contributed by atoms with Gasteiger partial charge in [-0.15, -0.1) is 27.1 Å². The molecule has 2 fully saturated rings.